The summed E-state index contributed by atoms with van der Waals surface area (Å²) in [5.41, 5.74) is 2.43. The first kappa shape index (κ1) is 11.5. The van der Waals surface area contributed by atoms with E-state index in [1.165, 1.54) is 43.4 Å². The summed E-state index contributed by atoms with van der Waals surface area (Å²) < 4.78 is 0. The van der Waals surface area contributed by atoms with Gasteiger partial charge in [0.15, 0.2) is 0 Å². The number of nitrogens with zero attached hydrogens (tertiary/aromatic N) is 2. The van der Waals surface area contributed by atoms with Gasteiger partial charge in [0.05, 0.1) is 0 Å². The molecular weight excluding hydrogens is 232 g/mol. The first-order chi connectivity index (χ1) is 8.28. The number of hydrogen-bond donors (Lipinski definition) is 0. The average Bonchev–Trinajstić information content (AvgIpc) is 2.97. The molecule has 2 nitrogen and oxygen atoms in total. The van der Waals surface area contributed by atoms with Crippen LogP contribution in [0.15, 0.2) is 0 Å². The summed E-state index contributed by atoms with van der Waals surface area (Å²) in [6.07, 6.45) is 8.47. The second kappa shape index (κ2) is 4.56. The molecule has 0 aromatic carbocycles. The van der Waals surface area contributed by atoms with Crippen LogP contribution in [-0.2, 0) is 12.8 Å². The Hall–Kier alpha value is -0.630. The van der Waals surface area contributed by atoms with Crippen molar-refractivity contribution in [1.82, 2.24) is 9.97 Å². The summed E-state index contributed by atoms with van der Waals surface area (Å²) >= 11 is 6.27. The molecule has 3 rings (SSSR count). The maximum Gasteiger partial charge on any atom is 0.136 e. The number of aromatic nitrogens is 2. The van der Waals surface area contributed by atoms with E-state index < -0.39 is 0 Å². The molecule has 2 aliphatic carbocycles. The first-order valence-corrected chi connectivity index (χ1v) is 7.21. The number of fused-ring (bicyclic) bond motifs is 1. The number of aryl methyl sites for hydroxylation is 1. The molecule has 0 amide bonds. The minimum atomic E-state index is 0.559. The molecule has 2 aliphatic rings. The molecule has 2 atom stereocenters. The fourth-order valence-corrected chi connectivity index (χ4v) is 3.56. The van der Waals surface area contributed by atoms with Crippen molar-refractivity contribution in [3.05, 3.63) is 22.2 Å². The quantitative estimate of drug-likeness (QED) is 0.744. The number of rotatable bonds is 2. The normalized spacial score (nSPS) is 27.4. The summed E-state index contributed by atoms with van der Waals surface area (Å²) in [6.45, 7) is 2.28. The van der Waals surface area contributed by atoms with Gasteiger partial charge in [-0.05, 0) is 44.4 Å². The zero-order valence-corrected chi connectivity index (χ0v) is 11.1. The average molecular weight is 251 g/mol. The molecule has 0 N–H and O–H groups in total. The van der Waals surface area contributed by atoms with Crippen molar-refractivity contribution in [2.45, 2.75) is 57.8 Å². The van der Waals surface area contributed by atoms with E-state index in [1.54, 1.807) is 0 Å². The van der Waals surface area contributed by atoms with E-state index in [1.807, 2.05) is 0 Å². The predicted octanol–water partition coefficient (Wildman–Crippen LogP) is 3.91. The van der Waals surface area contributed by atoms with Crippen molar-refractivity contribution in [3.8, 4) is 0 Å². The summed E-state index contributed by atoms with van der Waals surface area (Å²) in [7, 11) is 0. The third-order valence-corrected chi connectivity index (χ3v) is 4.70. The second-order valence-electron chi connectivity index (χ2n) is 5.44. The van der Waals surface area contributed by atoms with Crippen LogP contribution < -0.4 is 0 Å². The lowest BCUT2D eigenvalue weighted by Crippen LogP contribution is -2.05. The Labute approximate surface area is 108 Å². The summed E-state index contributed by atoms with van der Waals surface area (Å²) in [4.78, 5) is 9.32. The summed E-state index contributed by atoms with van der Waals surface area (Å²) in [5, 5.41) is 0.724. The maximum atomic E-state index is 6.27. The minimum Gasteiger partial charge on any atom is -0.237 e. The van der Waals surface area contributed by atoms with E-state index >= 15 is 0 Å². The topological polar surface area (TPSA) is 25.8 Å². The lowest BCUT2D eigenvalue weighted by atomic mass is 10.0. The Bertz CT molecular complexity index is 430. The number of hydrogen-bond acceptors (Lipinski definition) is 2. The lowest BCUT2D eigenvalue weighted by molar-refractivity contribution is 0.516. The van der Waals surface area contributed by atoms with Crippen LogP contribution in [0.4, 0.5) is 0 Å². The van der Waals surface area contributed by atoms with Gasteiger partial charge in [-0.1, -0.05) is 24.9 Å². The fraction of sp³-hybridized carbons (Fsp3) is 0.714. The third-order valence-electron chi connectivity index (χ3n) is 4.38. The molecule has 0 aliphatic heterocycles. The third kappa shape index (κ3) is 2.08. The standard InChI is InChI=1S/C14H19ClN2/c1-2-9-6-7-10(8-9)14-16-12-5-3-4-11(12)13(15)17-14/h9-10H,2-8H2,1H3. The highest BCUT2D eigenvalue weighted by atomic mass is 35.5. The van der Waals surface area contributed by atoms with E-state index in [-0.39, 0.29) is 0 Å². The molecule has 1 fully saturated rings. The Morgan fingerprint density at radius 1 is 1.24 bits per heavy atom. The van der Waals surface area contributed by atoms with Crippen molar-refractivity contribution in [2.24, 2.45) is 5.92 Å². The predicted molar refractivity (Wildman–Crippen MR) is 69.4 cm³/mol. The van der Waals surface area contributed by atoms with Gasteiger partial charge in [0.1, 0.15) is 11.0 Å². The maximum absolute atomic E-state index is 6.27. The molecule has 0 saturated heterocycles. The van der Waals surface area contributed by atoms with E-state index in [0.717, 1.165) is 29.7 Å². The molecule has 1 aromatic rings. The van der Waals surface area contributed by atoms with Gasteiger partial charge in [-0.3, -0.25) is 0 Å². The summed E-state index contributed by atoms with van der Waals surface area (Å²) in [5.74, 6) is 2.45. The minimum absolute atomic E-state index is 0.559. The molecule has 17 heavy (non-hydrogen) atoms. The molecule has 1 saturated carbocycles. The molecule has 3 heteroatoms. The highest BCUT2D eigenvalue weighted by Crippen LogP contribution is 2.39. The van der Waals surface area contributed by atoms with Crippen molar-refractivity contribution in [2.75, 3.05) is 0 Å². The Morgan fingerprint density at radius 2 is 2.12 bits per heavy atom. The zero-order valence-electron chi connectivity index (χ0n) is 10.4. The van der Waals surface area contributed by atoms with Gasteiger partial charge < -0.3 is 0 Å². The van der Waals surface area contributed by atoms with Gasteiger partial charge in [0, 0.05) is 17.2 Å². The second-order valence-corrected chi connectivity index (χ2v) is 5.79. The Kier molecular flexibility index (Phi) is 3.08. The highest BCUT2D eigenvalue weighted by Gasteiger charge is 2.28. The van der Waals surface area contributed by atoms with Crippen LogP contribution in [0.5, 0.6) is 0 Å². The summed E-state index contributed by atoms with van der Waals surface area (Å²) in [6, 6.07) is 0. The van der Waals surface area contributed by atoms with Gasteiger partial charge in [0.2, 0.25) is 0 Å². The van der Waals surface area contributed by atoms with Gasteiger partial charge in [0.25, 0.3) is 0 Å². The van der Waals surface area contributed by atoms with Crippen molar-refractivity contribution < 1.29 is 0 Å². The van der Waals surface area contributed by atoms with Crippen molar-refractivity contribution in [3.63, 3.8) is 0 Å². The van der Waals surface area contributed by atoms with Crippen LogP contribution in [0.3, 0.4) is 0 Å². The van der Waals surface area contributed by atoms with Crippen LogP contribution in [-0.4, -0.2) is 9.97 Å². The molecule has 1 heterocycles. The van der Waals surface area contributed by atoms with Gasteiger partial charge in [-0.25, -0.2) is 9.97 Å². The van der Waals surface area contributed by atoms with Gasteiger partial charge in [-0.15, -0.1) is 0 Å². The molecule has 92 valence electrons. The smallest absolute Gasteiger partial charge is 0.136 e. The van der Waals surface area contributed by atoms with Crippen molar-refractivity contribution >= 4 is 11.6 Å². The molecular formula is C14H19ClN2. The van der Waals surface area contributed by atoms with Crippen LogP contribution in [0, 0.1) is 5.92 Å². The molecule has 0 spiro atoms. The largest absolute Gasteiger partial charge is 0.237 e. The van der Waals surface area contributed by atoms with Gasteiger partial charge in [-0.2, -0.15) is 0 Å². The number of halogens is 1. The van der Waals surface area contributed by atoms with Crippen molar-refractivity contribution in [1.29, 1.82) is 0 Å². The van der Waals surface area contributed by atoms with Crippen LogP contribution in [0.25, 0.3) is 0 Å². The van der Waals surface area contributed by atoms with E-state index in [9.17, 15) is 0 Å². The SMILES string of the molecule is CCC1CCC(c2nc(Cl)c3c(n2)CCC3)C1. The van der Waals surface area contributed by atoms with Gasteiger partial charge >= 0.3 is 0 Å². The molecule has 0 bridgehead atoms. The van der Waals surface area contributed by atoms with Crippen LogP contribution in [0.2, 0.25) is 5.15 Å². The monoisotopic (exact) mass is 250 g/mol. The van der Waals surface area contributed by atoms with E-state index in [0.29, 0.717) is 5.92 Å². The van der Waals surface area contributed by atoms with Crippen LogP contribution >= 0.6 is 11.6 Å². The molecule has 2 unspecified atom stereocenters. The van der Waals surface area contributed by atoms with E-state index in [4.69, 9.17) is 16.6 Å². The zero-order chi connectivity index (χ0) is 11.8. The highest BCUT2D eigenvalue weighted by molar-refractivity contribution is 6.30. The molecule has 0 radical (unpaired) electrons. The van der Waals surface area contributed by atoms with E-state index in [2.05, 4.69) is 11.9 Å². The van der Waals surface area contributed by atoms with Crippen LogP contribution in [0.1, 0.15) is 62.0 Å². The fourth-order valence-electron chi connectivity index (χ4n) is 3.27. The Morgan fingerprint density at radius 3 is 2.88 bits per heavy atom. The lowest BCUT2D eigenvalue weighted by Gasteiger charge is -2.11. The first-order valence-electron chi connectivity index (χ1n) is 6.83. The molecule has 1 aromatic heterocycles. The Balaban J connectivity index is 1.87.